The summed E-state index contributed by atoms with van der Waals surface area (Å²) in [4.78, 5) is 18.7. The summed E-state index contributed by atoms with van der Waals surface area (Å²) in [6.45, 7) is 16.3. The van der Waals surface area contributed by atoms with E-state index in [1.807, 2.05) is 0 Å². The maximum absolute atomic E-state index is 5.51. The Morgan fingerprint density at radius 3 is 1.77 bits per heavy atom. The lowest BCUT2D eigenvalue weighted by Crippen LogP contribution is -2.17. The molecule has 3 aliphatic rings. The van der Waals surface area contributed by atoms with Gasteiger partial charge < -0.3 is 9.97 Å². The molecule has 3 aromatic rings. The fourth-order valence-electron chi connectivity index (χ4n) is 9.11. The number of nitrogens with zero attached hydrogens (tertiary/aromatic N) is 2. The van der Waals surface area contributed by atoms with E-state index in [1.54, 1.807) is 0 Å². The second-order valence-corrected chi connectivity index (χ2v) is 15.1. The van der Waals surface area contributed by atoms with E-state index in [-0.39, 0.29) is 0 Å². The molecule has 0 amide bonds. The first-order valence-electron chi connectivity index (χ1n) is 19.5. The number of aromatic nitrogens is 4. The van der Waals surface area contributed by atoms with Crippen LogP contribution >= 0.6 is 0 Å². The third-order valence-electron chi connectivity index (χ3n) is 12.0. The van der Waals surface area contributed by atoms with Crippen molar-refractivity contribution < 1.29 is 0 Å². The highest BCUT2D eigenvalue weighted by Crippen LogP contribution is 2.41. The molecule has 0 saturated heterocycles. The summed E-state index contributed by atoms with van der Waals surface area (Å²) in [5, 5.41) is 0. The molecule has 4 heteroatoms. The van der Waals surface area contributed by atoms with Crippen LogP contribution in [-0.2, 0) is 0 Å². The van der Waals surface area contributed by atoms with Crippen LogP contribution in [0.15, 0.2) is 24.3 Å². The summed E-state index contributed by atoms with van der Waals surface area (Å²) >= 11 is 0. The first-order chi connectivity index (χ1) is 23.4. The maximum atomic E-state index is 5.51. The van der Waals surface area contributed by atoms with Gasteiger partial charge in [-0.3, -0.25) is 0 Å². The number of rotatable bonds is 10. The van der Waals surface area contributed by atoms with Crippen LogP contribution in [0.4, 0.5) is 0 Å². The summed E-state index contributed by atoms with van der Waals surface area (Å²) in [7, 11) is 0. The van der Waals surface area contributed by atoms with E-state index in [9.17, 15) is 0 Å². The van der Waals surface area contributed by atoms with Crippen molar-refractivity contribution in [3.8, 4) is 0 Å². The van der Waals surface area contributed by atoms with Crippen LogP contribution in [0.2, 0.25) is 0 Å². The number of hydrogen-bond acceptors (Lipinski definition) is 2. The minimum Gasteiger partial charge on any atom is -0.355 e. The third-order valence-corrected chi connectivity index (χ3v) is 12.0. The number of H-pyrrole nitrogens is 2. The first-order valence-corrected chi connectivity index (χ1v) is 19.5. The molecule has 48 heavy (non-hydrogen) atoms. The standard InChI is InChI=1S/C44H60N4/c1-8-14-29(6)43-38-22-20-34(45-38)30(7)35-21-23-40(46-35)44(33-18-12-16-32(17-13-19-33)31(11-4)15-9-2)41-27-26-37(48-41)42(28(5)10-3)36-24-25-39(43)47-36/h20-29,31-33,45,47H,8-19H2,1-7H3. The van der Waals surface area contributed by atoms with Gasteiger partial charge in [-0.05, 0) is 116 Å². The highest BCUT2D eigenvalue weighted by molar-refractivity contribution is 5.84. The molecule has 256 valence electrons. The Morgan fingerprint density at radius 1 is 0.625 bits per heavy atom. The van der Waals surface area contributed by atoms with Gasteiger partial charge in [-0.15, -0.1) is 0 Å². The number of aromatic amines is 2. The molecule has 4 nitrogen and oxygen atoms in total. The van der Waals surface area contributed by atoms with Crippen LogP contribution in [-0.4, -0.2) is 19.9 Å². The van der Waals surface area contributed by atoms with Crippen molar-refractivity contribution >= 4 is 46.4 Å². The van der Waals surface area contributed by atoms with Crippen molar-refractivity contribution in [1.29, 1.82) is 0 Å². The molecular weight excluding hydrogens is 585 g/mol. The van der Waals surface area contributed by atoms with Crippen molar-refractivity contribution in [2.24, 2.45) is 11.8 Å². The average Bonchev–Trinajstić information content (AvgIpc) is 3.90. The molecule has 0 aromatic carbocycles. The second kappa shape index (κ2) is 15.4. The Labute approximate surface area is 290 Å². The molecule has 6 rings (SSSR count). The van der Waals surface area contributed by atoms with Gasteiger partial charge in [0.25, 0.3) is 0 Å². The Bertz CT molecular complexity index is 1790. The summed E-state index contributed by atoms with van der Waals surface area (Å²) in [5.41, 5.74) is 14.4. The minimum atomic E-state index is 0.379. The van der Waals surface area contributed by atoms with E-state index in [4.69, 9.17) is 9.97 Å². The molecular formula is C44H60N4. The summed E-state index contributed by atoms with van der Waals surface area (Å²) in [6, 6.07) is 9.12. The Kier molecular flexibility index (Phi) is 11.1. The maximum Gasteiger partial charge on any atom is 0.0694 e. The topological polar surface area (TPSA) is 57.4 Å². The van der Waals surface area contributed by atoms with E-state index in [2.05, 4.69) is 107 Å². The zero-order valence-electron chi connectivity index (χ0n) is 30.9. The van der Waals surface area contributed by atoms with Gasteiger partial charge in [-0.1, -0.05) is 92.9 Å². The number of fused-ring (bicyclic) bond motifs is 8. The van der Waals surface area contributed by atoms with E-state index in [0.29, 0.717) is 17.8 Å². The van der Waals surface area contributed by atoms with Gasteiger partial charge in [0, 0.05) is 38.8 Å². The van der Waals surface area contributed by atoms with E-state index >= 15 is 0 Å². The van der Waals surface area contributed by atoms with Crippen molar-refractivity contribution in [1.82, 2.24) is 19.9 Å². The quantitative estimate of drug-likeness (QED) is 0.159. The monoisotopic (exact) mass is 644 g/mol. The van der Waals surface area contributed by atoms with Gasteiger partial charge in [0.05, 0.1) is 22.8 Å². The first kappa shape index (κ1) is 34.5. The summed E-state index contributed by atoms with van der Waals surface area (Å²) < 4.78 is 0. The van der Waals surface area contributed by atoms with Crippen molar-refractivity contribution in [3.63, 3.8) is 0 Å². The predicted molar refractivity (Wildman–Crippen MR) is 208 cm³/mol. The number of aryl methyl sites for hydroxylation is 1. The van der Waals surface area contributed by atoms with E-state index < -0.39 is 0 Å². The molecule has 3 aromatic heterocycles. The molecule has 8 bridgehead atoms. The van der Waals surface area contributed by atoms with Gasteiger partial charge >= 0.3 is 0 Å². The molecule has 1 saturated carbocycles. The molecule has 2 aliphatic heterocycles. The zero-order valence-corrected chi connectivity index (χ0v) is 30.9. The van der Waals surface area contributed by atoms with E-state index in [0.717, 1.165) is 59.4 Å². The number of nitrogens with one attached hydrogen (secondary N) is 2. The van der Waals surface area contributed by atoms with Gasteiger partial charge in [0.15, 0.2) is 0 Å². The van der Waals surface area contributed by atoms with Gasteiger partial charge in [-0.25, -0.2) is 9.97 Å². The predicted octanol–water partition coefficient (Wildman–Crippen LogP) is 13.3. The largest absolute Gasteiger partial charge is 0.355 e. The molecule has 3 atom stereocenters. The number of hydrogen-bond donors (Lipinski definition) is 2. The highest BCUT2D eigenvalue weighted by Gasteiger charge is 2.27. The van der Waals surface area contributed by atoms with E-state index in [1.165, 1.54) is 96.6 Å². The fraction of sp³-hybridized carbons (Fsp3) is 0.545. The van der Waals surface area contributed by atoms with Gasteiger partial charge in [0.2, 0.25) is 0 Å². The van der Waals surface area contributed by atoms with Crippen LogP contribution < -0.4 is 0 Å². The highest BCUT2D eigenvalue weighted by atomic mass is 14.8. The molecule has 0 spiro atoms. The van der Waals surface area contributed by atoms with Crippen molar-refractivity contribution in [3.05, 3.63) is 69.3 Å². The van der Waals surface area contributed by atoms with Crippen molar-refractivity contribution in [2.45, 2.75) is 143 Å². The fourth-order valence-corrected chi connectivity index (χ4v) is 9.11. The SMILES string of the molecule is CCCC(C)c1c2ccc([nH]2)c(C)c2nc(c(C3CCCC(C(CC)CCC)CCC3)c3nc(c(C(C)CC)c4ccc1[nH]4)C=C3)C=C2. The van der Waals surface area contributed by atoms with Crippen LogP contribution in [0.3, 0.4) is 0 Å². The van der Waals surface area contributed by atoms with Crippen LogP contribution in [0.25, 0.3) is 46.4 Å². The molecule has 1 aliphatic carbocycles. The minimum absolute atomic E-state index is 0.379. The van der Waals surface area contributed by atoms with Crippen LogP contribution in [0, 0.1) is 18.8 Å². The molecule has 5 heterocycles. The van der Waals surface area contributed by atoms with Gasteiger partial charge in [0.1, 0.15) is 0 Å². The van der Waals surface area contributed by atoms with Gasteiger partial charge in [-0.2, -0.15) is 0 Å². The Morgan fingerprint density at radius 2 is 1.17 bits per heavy atom. The lowest BCUT2D eigenvalue weighted by molar-refractivity contribution is 0.237. The molecule has 0 radical (unpaired) electrons. The average molecular weight is 645 g/mol. The Hall–Kier alpha value is -3.40. The normalized spacial score (nSPS) is 20.0. The second-order valence-electron chi connectivity index (χ2n) is 15.1. The molecule has 1 fully saturated rings. The van der Waals surface area contributed by atoms with Crippen LogP contribution in [0.1, 0.15) is 181 Å². The molecule has 2 N–H and O–H groups in total. The summed E-state index contributed by atoms with van der Waals surface area (Å²) in [5.74, 6) is 3.04. The third kappa shape index (κ3) is 7.00. The smallest absolute Gasteiger partial charge is 0.0694 e. The zero-order chi connectivity index (χ0) is 33.8. The molecule has 3 unspecified atom stereocenters. The van der Waals surface area contributed by atoms with Crippen molar-refractivity contribution in [2.75, 3.05) is 0 Å². The summed E-state index contributed by atoms with van der Waals surface area (Å²) in [6.07, 6.45) is 24.2. The lowest BCUT2D eigenvalue weighted by atomic mass is 9.75. The Balaban J connectivity index is 1.57. The lowest BCUT2D eigenvalue weighted by Gasteiger charge is -2.30. The van der Waals surface area contributed by atoms with Crippen LogP contribution in [0.5, 0.6) is 0 Å².